The molecule has 0 aromatic carbocycles. The van der Waals surface area contributed by atoms with Gasteiger partial charge in [-0.3, -0.25) is 4.79 Å². The van der Waals surface area contributed by atoms with E-state index in [9.17, 15) is 4.79 Å². The van der Waals surface area contributed by atoms with Crippen LogP contribution in [0.2, 0.25) is 0 Å². The van der Waals surface area contributed by atoms with Crippen LogP contribution in [0, 0.1) is 0 Å². The number of carbonyl (C=O) groups excluding carboxylic acids is 1. The average Bonchev–Trinajstić information content (AvgIpc) is 2.47. The van der Waals surface area contributed by atoms with Crippen LogP contribution in [0.15, 0.2) is 15.9 Å². The fourth-order valence-corrected chi connectivity index (χ4v) is 2.15. The summed E-state index contributed by atoms with van der Waals surface area (Å²) in [6.07, 6.45) is 0. The Morgan fingerprint density at radius 2 is 2.50 bits per heavy atom. The van der Waals surface area contributed by atoms with Gasteiger partial charge in [-0.1, -0.05) is 6.92 Å². The molecule has 66 valence electrons. The molecule has 0 radical (unpaired) electrons. The van der Waals surface area contributed by atoms with Crippen molar-refractivity contribution in [2.45, 2.75) is 6.92 Å². The van der Waals surface area contributed by atoms with Gasteiger partial charge in [-0.25, -0.2) is 0 Å². The molecule has 1 heterocycles. The van der Waals surface area contributed by atoms with E-state index < -0.39 is 0 Å². The highest BCUT2D eigenvalue weighted by molar-refractivity contribution is 9.10. The van der Waals surface area contributed by atoms with Gasteiger partial charge in [0, 0.05) is 9.85 Å². The fourth-order valence-electron chi connectivity index (χ4n) is 0.785. The third kappa shape index (κ3) is 2.69. The number of hydrogen-bond acceptors (Lipinski definition) is 3. The number of carbonyl (C=O) groups is 1. The van der Waals surface area contributed by atoms with Crippen LogP contribution in [0.4, 0.5) is 0 Å². The zero-order valence-corrected chi connectivity index (χ0v) is 9.17. The minimum atomic E-state index is 0.160. The number of hydrogen-bond donors (Lipinski definition) is 1. The van der Waals surface area contributed by atoms with E-state index in [2.05, 4.69) is 21.2 Å². The van der Waals surface area contributed by atoms with Gasteiger partial charge in [0.1, 0.15) is 0 Å². The van der Waals surface area contributed by atoms with Crippen LogP contribution < -0.4 is 5.32 Å². The van der Waals surface area contributed by atoms with E-state index in [1.807, 2.05) is 18.4 Å². The first-order valence-electron chi connectivity index (χ1n) is 3.72. The van der Waals surface area contributed by atoms with Crippen molar-refractivity contribution >= 4 is 33.0 Å². The summed E-state index contributed by atoms with van der Waals surface area (Å²) in [7, 11) is 0. The molecule has 0 unspecified atom stereocenters. The fraction of sp³-hybridized carbons (Fsp3) is 0.375. The van der Waals surface area contributed by atoms with Crippen LogP contribution in [-0.4, -0.2) is 18.9 Å². The lowest BCUT2D eigenvalue weighted by Crippen LogP contribution is -2.21. The van der Waals surface area contributed by atoms with E-state index in [-0.39, 0.29) is 5.78 Å². The molecule has 0 aliphatic heterocycles. The summed E-state index contributed by atoms with van der Waals surface area (Å²) in [5, 5.41) is 4.91. The Balaban J connectivity index is 2.53. The molecule has 1 aromatic rings. The van der Waals surface area contributed by atoms with Crippen molar-refractivity contribution in [1.29, 1.82) is 0 Å². The largest absolute Gasteiger partial charge is 0.310 e. The Kier molecular flexibility index (Phi) is 3.91. The zero-order valence-electron chi connectivity index (χ0n) is 6.76. The molecule has 4 heteroatoms. The van der Waals surface area contributed by atoms with Gasteiger partial charge in [0.05, 0.1) is 11.4 Å². The molecule has 0 saturated heterocycles. The molecule has 0 saturated carbocycles. The first kappa shape index (κ1) is 9.89. The predicted molar refractivity (Wildman–Crippen MR) is 54.9 cm³/mol. The smallest absolute Gasteiger partial charge is 0.186 e. The van der Waals surface area contributed by atoms with Crippen LogP contribution >= 0.6 is 27.3 Å². The number of halogens is 1. The average molecular weight is 248 g/mol. The minimum absolute atomic E-state index is 0.160. The van der Waals surface area contributed by atoms with Crippen LogP contribution in [0.1, 0.15) is 16.6 Å². The molecule has 0 bridgehead atoms. The second-order valence-corrected chi connectivity index (χ2v) is 4.16. The van der Waals surface area contributed by atoms with Gasteiger partial charge in [-0.2, -0.15) is 0 Å². The number of nitrogens with one attached hydrogen (secondary N) is 1. The molecule has 0 atom stereocenters. The lowest BCUT2D eigenvalue weighted by atomic mass is 10.3. The summed E-state index contributed by atoms with van der Waals surface area (Å²) in [4.78, 5) is 12.2. The number of thiophene rings is 1. The topological polar surface area (TPSA) is 29.1 Å². The van der Waals surface area contributed by atoms with Gasteiger partial charge in [-0.15, -0.1) is 11.3 Å². The highest BCUT2D eigenvalue weighted by Gasteiger charge is 2.06. The second kappa shape index (κ2) is 4.74. The molecule has 0 aliphatic carbocycles. The highest BCUT2D eigenvalue weighted by Crippen LogP contribution is 2.19. The Labute approximate surface area is 84.1 Å². The van der Waals surface area contributed by atoms with E-state index in [1.54, 1.807) is 0 Å². The van der Waals surface area contributed by atoms with Crippen molar-refractivity contribution in [2.24, 2.45) is 0 Å². The number of rotatable bonds is 4. The van der Waals surface area contributed by atoms with Gasteiger partial charge in [0.2, 0.25) is 0 Å². The molecule has 0 spiro atoms. The van der Waals surface area contributed by atoms with E-state index in [0.717, 1.165) is 15.9 Å². The molecular formula is C8H10BrNOS. The maximum absolute atomic E-state index is 11.3. The second-order valence-electron chi connectivity index (χ2n) is 2.33. The predicted octanol–water partition coefficient (Wildman–Crippen LogP) is 2.30. The van der Waals surface area contributed by atoms with Gasteiger partial charge >= 0.3 is 0 Å². The van der Waals surface area contributed by atoms with E-state index >= 15 is 0 Å². The Morgan fingerprint density at radius 1 is 1.75 bits per heavy atom. The molecule has 1 N–H and O–H groups in total. The maximum Gasteiger partial charge on any atom is 0.186 e. The summed E-state index contributed by atoms with van der Waals surface area (Å²) in [5.74, 6) is 0.160. The third-order valence-corrected chi connectivity index (χ3v) is 3.11. The molecule has 2 nitrogen and oxygen atoms in total. The molecule has 0 amide bonds. The van der Waals surface area contributed by atoms with Crippen LogP contribution in [-0.2, 0) is 0 Å². The van der Waals surface area contributed by atoms with Crippen LogP contribution in [0.25, 0.3) is 0 Å². The number of Topliss-reactive ketones (excluding diaryl/α,β-unsaturated/α-hetero) is 1. The Hall–Kier alpha value is -0.190. The van der Waals surface area contributed by atoms with Crippen molar-refractivity contribution in [1.82, 2.24) is 5.32 Å². The van der Waals surface area contributed by atoms with E-state index in [1.165, 1.54) is 11.3 Å². The van der Waals surface area contributed by atoms with Gasteiger partial charge in [0.25, 0.3) is 0 Å². The quantitative estimate of drug-likeness (QED) is 0.828. The van der Waals surface area contributed by atoms with Gasteiger partial charge in [-0.05, 0) is 28.5 Å². The summed E-state index contributed by atoms with van der Waals surface area (Å²) >= 11 is 4.78. The monoisotopic (exact) mass is 247 g/mol. The first-order valence-corrected chi connectivity index (χ1v) is 5.39. The summed E-state index contributed by atoms with van der Waals surface area (Å²) in [6.45, 7) is 3.25. The number of ketones is 1. The van der Waals surface area contributed by atoms with Crippen molar-refractivity contribution in [3.05, 3.63) is 20.8 Å². The van der Waals surface area contributed by atoms with Crippen molar-refractivity contribution in [2.75, 3.05) is 13.1 Å². The van der Waals surface area contributed by atoms with Crippen LogP contribution in [0.5, 0.6) is 0 Å². The van der Waals surface area contributed by atoms with Crippen molar-refractivity contribution < 1.29 is 4.79 Å². The van der Waals surface area contributed by atoms with E-state index in [0.29, 0.717) is 6.54 Å². The summed E-state index contributed by atoms with van der Waals surface area (Å²) in [5.41, 5.74) is 0. The zero-order chi connectivity index (χ0) is 8.97. The lowest BCUT2D eigenvalue weighted by Gasteiger charge is -1.96. The first-order chi connectivity index (χ1) is 5.74. The van der Waals surface area contributed by atoms with E-state index in [4.69, 9.17) is 0 Å². The minimum Gasteiger partial charge on any atom is -0.310 e. The SMILES string of the molecule is CCNCC(=O)c1cc(Br)cs1. The standard InChI is InChI=1S/C8H10BrNOS/c1-2-10-4-7(11)8-3-6(9)5-12-8/h3,5,10H,2,4H2,1H3. The Bertz CT molecular complexity index is 272. The summed E-state index contributed by atoms with van der Waals surface area (Å²) < 4.78 is 0.979. The van der Waals surface area contributed by atoms with Crippen molar-refractivity contribution in [3.8, 4) is 0 Å². The number of likely N-dealkylation sites (N-methyl/N-ethyl adjacent to an activating group) is 1. The molecule has 1 rings (SSSR count). The normalized spacial score (nSPS) is 10.2. The van der Waals surface area contributed by atoms with Gasteiger partial charge in [0.15, 0.2) is 5.78 Å². The van der Waals surface area contributed by atoms with Gasteiger partial charge < -0.3 is 5.32 Å². The molecule has 1 aromatic heterocycles. The lowest BCUT2D eigenvalue weighted by molar-refractivity contribution is 0.0995. The highest BCUT2D eigenvalue weighted by atomic mass is 79.9. The summed E-state index contributed by atoms with van der Waals surface area (Å²) in [6, 6.07) is 1.85. The molecular weight excluding hydrogens is 238 g/mol. The third-order valence-electron chi connectivity index (χ3n) is 1.38. The molecule has 0 aliphatic rings. The van der Waals surface area contributed by atoms with Crippen LogP contribution in [0.3, 0.4) is 0 Å². The molecule has 0 fully saturated rings. The molecule has 12 heavy (non-hydrogen) atoms. The Morgan fingerprint density at radius 3 is 3.00 bits per heavy atom. The maximum atomic E-state index is 11.3. The van der Waals surface area contributed by atoms with Crippen molar-refractivity contribution in [3.63, 3.8) is 0 Å².